The van der Waals surface area contributed by atoms with Crippen LogP contribution in [0.4, 0.5) is 0 Å². The highest BCUT2D eigenvalue weighted by Crippen LogP contribution is 2.25. The molecule has 126 valence electrons. The van der Waals surface area contributed by atoms with Gasteiger partial charge in [-0.3, -0.25) is 14.1 Å². The predicted molar refractivity (Wildman–Crippen MR) is 94.1 cm³/mol. The number of thiazole rings is 1. The van der Waals surface area contributed by atoms with Crippen LogP contribution in [-0.4, -0.2) is 35.6 Å². The third kappa shape index (κ3) is 3.42. The van der Waals surface area contributed by atoms with Gasteiger partial charge in [-0.15, -0.1) is 11.3 Å². The molecule has 6 nitrogen and oxygen atoms in total. The zero-order valence-corrected chi connectivity index (χ0v) is 14.7. The van der Waals surface area contributed by atoms with Crippen molar-refractivity contribution in [2.75, 3.05) is 21.3 Å². The van der Waals surface area contributed by atoms with Crippen molar-refractivity contribution in [3.8, 4) is 11.5 Å². The Balaban J connectivity index is 1.77. The molecule has 0 atom stereocenters. The van der Waals surface area contributed by atoms with Crippen LogP contribution in [0.3, 0.4) is 0 Å². The van der Waals surface area contributed by atoms with E-state index in [1.165, 1.54) is 11.3 Å². The average Bonchev–Trinajstić information content (AvgIpc) is 3.04. The summed E-state index contributed by atoms with van der Waals surface area (Å²) in [6.07, 6.45) is 1.74. The molecule has 0 saturated heterocycles. The van der Waals surface area contributed by atoms with Crippen LogP contribution >= 0.6 is 11.3 Å². The minimum atomic E-state index is -0.0494. The molecule has 3 aromatic rings. The maximum atomic E-state index is 12.0. The smallest absolute Gasteiger partial charge is 0.258 e. The molecule has 0 fully saturated rings. The van der Waals surface area contributed by atoms with Crippen LogP contribution in [-0.2, 0) is 13.1 Å². The Morgan fingerprint density at radius 1 is 1.21 bits per heavy atom. The van der Waals surface area contributed by atoms with E-state index in [2.05, 4.69) is 9.88 Å². The van der Waals surface area contributed by atoms with Crippen molar-refractivity contribution in [2.45, 2.75) is 13.1 Å². The fraction of sp³-hybridized carbons (Fsp3) is 0.294. The van der Waals surface area contributed by atoms with E-state index < -0.39 is 0 Å². The second kappa shape index (κ2) is 7.02. The third-order valence-electron chi connectivity index (χ3n) is 3.72. The van der Waals surface area contributed by atoms with Crippen molar-refractivity contribution in [1.29, 1.82) is 0 Å². The molecular formula is C17H19N3O3S. The van der Waals surface area contributed by atoms with E-state index in [1.54, 1.807) is 30.9 Å². The van der Waals surface area contributed by atoms with Crippen molar-refractivity contribution in [2.24, 2.45) is 0 Å². The van der Waals surface area contributed by atoms with E-state index in [4.69, 9.17) is 9.47 Å². The molecule has 3 rings (SSSR count). The van der Waals surface area contributed by atoms with Gasteiger partial charge in [0.1, 0.15) is 11.5 Å². The Morgan fingerprint density at radius 3 is 2.79 bits per heavy atom. The molecule has 0 amide bonds. The first-order valence-electron chi connectivity index (χ1n) is 7.46. The Labute approximate surface area is 143 Å². The number of rotatable bonds is 6. The Hall–Kier alpha value is -2.38. The van der Waals surface area contributed by atoms with Gasteiger partial charge in [0.05, 0.1) is 19.9 Å². The number of ether oxygens (including phenoxy) is 2. The van der Waals surface area contributed by atoms with E-state index >= 15 is 0 Å². The van der Waals surface area contributed by atoms with Crippen LogP contribution in [0.5, 0.6) is 11.5 Å². The van der Waals surface area contributed by atoms with Crippen molar-refractivity contribution in [3.05, 3.63) is 57.5 Å². The molecule has 0 aliphatic rings. The number of methoxy groups -OCH3 is 2. The SMILES string of the molecule is COc1ccc(CN(C)Cc2cc(=O)n3ccsc3n2)c(OC)c1. The molecule has 24 heavy (non-hydrogen) atoms. The molecular weight excluding hydrogens is 326 g/mol. The first-order chi connectivity index (χ1) is 11.6. The highest BCUT2D eigenvalue weighted by molar-refractivity contribution is 7.15. The lowest BCUT2D eigenvalue weighted by molar-refractivity contribution is 0.306. The third-order valence-corrected chi connectivity index (χ3v) is 4.48. The average molecular weight is 345 g/mol. The normalized spacial score (nSPS) is 11.2. The predicted octanol–water partition coefficient (Wildman–Crippen LogP) is 2.41. The topological polar surface area (TPSA) is 56.1 Å². The highest BCUT2D eigenvalue weighted by Gasteiger charge is 2.10. The summed E-state index contributed by atoms with van der Waals surface area (Å²) in [5, 5.41) is 1.86. The molecule has 0 unspecified atom stereocenters. The summed E-state index contributed by atoms with van der Waals surface area (Å²) >= 11 is 1.46. The van der Waals surface area contributed by atoms with Crippen molar-refractivity contribution >= 4 is 16.3 Å². The number of hydrogen-bond acceptors (Lipinski definition) is 6. The Morgan fingerprint density at radius 2 is 2.04 bits per heavy atom. The lowest BCUT2D eigenvalue weighted by atomic mass is 10.1. The van der Waals surface area contributed by atoms with Crippen molar-refractivity contribution < 1.29 is 9.47 Å². The summed E-state index contributed by atoms with van der Waals surface area (Å²) in [5.41, 5.74) is 1.76. The Bertz CT molecular complexity index is 903. The van der Waals surface area contributed by atoms with Gasteiger partial charge < -0.3 is 9.47 Å². The van der Waals surface area contributed by atoms with Gasteiger partial charge in [-0.25, -0.2) is 4.98 Å². The first-order valence-corrected chi connectivity index (χ1v) is 8.34. The van der Waals surface area contributed by atoms with Gasteiger partial charge in [-0.05, 0) is 13.1 Å². The van der Waals surface area contributed by atoms with Crippen LogP contribution in [0, 0.1) is 0 Å². The highest BCUT2D eigenvalue weighted by atomic mass is 32.1. The van der Waals surface area contributed by atoms with E-state index in [-0.39, 0.29) is 5.56 Å². The van der Waals surface area contributed by atoms with Gasteiger partial charge in [0.25, 0.3) is 5.56 Å². The lowest BCUT2D eigenvalue weighted by Gasteiger charge is -2.18. The molecule has 0 N–H and O–H groups in total. The zero-order chi connectivity index (χ0) is 17.1. The van der Waals surface area contributed by atoms with Gasteiger partial charge >= 0.3 is 0 Å². The van der Waals surface area contributed by atoms with Gasteiger partial charge in [-0.2, -0.15) is 0 Å². The van der Waals surface area contributed by atoms with E-state index in [0.29, 0.717) is 18.1 Å². The number of aromatic nitrogens is 2. The number of nitrogens with zero attached hydrogens (tertiary/aromatic N) is 3. The summed E-state index contributed by atoms with van der Waals surface area (Å²) in [6.45, 7) is 1.26. The number of benzene rings is 1. The molecule has 0 bridgehead atoms. The molecule has 0 radical (unpaired) electrons. The summed E-state index contributed by atoms with van der Waals surface area (Å²) in [5.74, 6) is 1.54. The maximum absolute atomic E-state index is 12.0. The standard InChI is InChI=1S/C17H19N3O3S/c1-19(10-12-4-5-14(22-2)9-15(12)23-3)11-13-8-16(21)20-6-7-24-17(20)18-13/h4-9H,10-11H2,1-3H3. The largest absolute Gasteiger partial charge is 0.497 e. The summed E-state index contributed by atoms with van der Waals surface area (Å²) in [6, 6.07) is 7.35. The first kappa shape index (κ1) is 16.5. The minimum Gasteiger partial charge on any atom is -0.497 e. The molecule has 0 aliphatic heterocycles. The molecule has 2 aromatic heterocycles. The lowest BCUT2D eigenvalue weighted by Crippen LogP contribution is -2.21. The second-order valence-electron chi connectivity index (χ2n) is 5.49. The number of hydrogen-bond donors (Lipinski definition) is 0. The minimum absolute atomic E-state index is 0.0494. The summed E-state index contributed by atoms with van der Waals surface area (Å²) in [7, 11) is 5.26. The molecule has 0 spiro atoms. The second-order valence-corrected chi connectivity index (χ2v) is 6.36. The van der Waals surface area contributed by atoms with Crippen LogP contribution in [0.1, 0.15) is 11.3 Å². The molecule has 0 saturated carbocycles. The van der Waals surface area contributed by atoms with Gasteiger partial charge in [0.2, 0.25) is 0 Å². The van der Waals surface area contributed by atoms with Crippen LogP contribution < -0.4 is 15.0 Å². The van der Waals surface area contributed by atoms with Crippen molar-refractivity contribution in [3.63, 3.8) is 0 Å². The van der Waals surface area contributed by atoms with Gasteiger partial charge in [0, 0.05) is 42.4 Å². The number of fused-ring (bicyclic) bond motifs is 1. The van der Waals surface area contributed by atoms with E-state index in [9.17, 15) is 4.79 Å². The van der Waals surface area contributed by atoms with Crippen LogP contribution in [0.2, 0.25) is 0 Å². The van der Waals surface area contributed by atoms with Gasteiger partial charge in [0.15, 0.2) is 4.96 Å². The van der Waals surface area contributed by atoms with Crippen molar-refractivity contribution in [1.82, 2.24) is 14.3 Å². The molecule has 0 aliphatic carbocycles. The van der Waals surface area contributed by atoms with Gasteiger partial charge in [-0.1, -0.05) is 6.07 Å². The maximum Gasteiger partial charge on any atom is 0.258 e. The van der Waals surface area contributed by atoms with Crippen LogP contribution in [0.25, 0.3) is 4.96 Å². The molecule has 7 heteroatoms. The summed E-state index contributed by atoms with van der Waals surface area (Å²) < 4.78 is 12.2. The fourth-order valence-electron chi connectivity index (χ4n) is 2.57. The monoisotopic (exact) mass is 345 g/mol. The molecule has 1 aromatic carbocycles. The molecule has 2 heterocycles. The van der Waals surface area contributed by atoms with E-state index in [1.807, 2.05) is 30.6 Å². The van der Waals surface area contributed by atoms with E-state index in [0.717, 1.165) is 22.8 Å². The summed E-state index contributed by atoms with van der Waals surface area (Å²) in [4.78, 5) is 19.4. The fourth-order valence-corrected chi connectivity index (χ4v) is 3.31. The quantitative estimate of drug-likeness (QED) is 0.687. The van der Waals surface area contributed by atoms with Crippen LogP contribution in [0.15, 0.2) is 40.6 Å². The zero-order valence-electron chi connectivity index (χ0n) is 13.9. The Kier molecular flexibility index (Phi) is 4.82.